The molecule has 4 aromatic rings. The largest absolute Gasteiger partial charge is 0.496 e. The fourth-order valence-electron chi connectivity index (χ4n) is 4.80. The average Bonchev–Trinajstić information content (AvgIpc) is 3.30. The summed E-state index contributed by atoms with van der Waals surface area (Å²) in [6, 6.07) is 17.1. The summed E-state index contributed by atoms with van der Waals surface area (Å²) in [5.74, 6) is 0.985. The molecule has 0 fully saturated rings. The molecule has 0 aliphatic carbocycles. The summed E-state index contributed by atoms with van der Waals surface area (Å²) >= 11 is 13.6. The van der Waals surface area contributed by atoms with Crippen LogP contribution < -0.4 is 29.1 Å². The van der Waals surface area contributed by atoms with E-state index in [1.807, 2.05) is 49.4 Å². The van der Waals surface area contributed by atoms with Crippen molar-refractivity contribution in [3.63, 3.8) is 0 Å². The lowest BCUT2D eigenvalue weighted by Crippen LogP contribution is -2.40. The topological polar surface area (TPSA) is 88.4 Å². The first-order valence-corrected chi connectivity index (χ1v) is 14.9. The summed E-state index contributed by atoms with van der Waals surface area (Å²) in [5, 5.41) is 1.08. The van der Waals surface area contributed by atoms with E-state index in [4.69, 9.17) is 42.1 Å². The zero-order valence-electron chi connectivity index (χ0n) is 23.9. The Morgan fingerprint density at radius 1 is 0.977 bits per heavy atom. The number of aromatic nitrogens is 1. The molecule has 0 amide bonds. The second-order valence-electron chi connectivity index (χ2n) is 9.51. The van der Waals surface area contributed by atoms with Gasteiger partial charge in [0.2, 0.25) is 0 Å². The molecular weight excluding hydrogens is 611 g/mol. The molecule has 3 aromatic carbocycles. The van der Waals surface area contributed by atoms with Crippen molar-refractivity contribution in [2.24, 2.45) is 4.99 Å². The minimum atomic E-state index is -0.859. The quantitative estimate of drug-likeness (QED) is 0.219. The van der Waals surface area contributed by atoms with Crippen molar-refractivity contribution >= 4 is 46.6 Å². The van der Waals surface area contributed by atoms with Gasteiger partial charge in [-0.15, -0.1) is 0 Å². The number of methoxy groups -OCH3 is 2. The monoisotopic (exact) mass is 638 g/mol. The van der Waals surface area contributed by atoms with E-state index in [0.717, 1.165) is 11.1 Å². The lowest BCUT2D eigenvalue weighted by atomic mass is 9.95. The smallest absolute Gasteiger partial charge is 0.338 e. The van der Waals surface area contributed by atoms with Crippen molar-refractivity contribution in [3.05, 3.63) is 118 Å². The lowest BCUT2D eigenvalue weighted by Gasteiger charge is -2.25. The zero-order valence-corrected chi connectivity index (χ0v) is 26.2. The summed E-state index contributed by atoms with van der Waals surface area (Å²) in [4.78, 5) is 32.0. The van der Waals surface area contributed by atoms with Crippen molar-refractivity contribution in [1.82, 2.24) is 4.57 Å². The molecule has 43 heavy (non-hydrogen) atoms. The van der Waals surface area contributed by atoms with Gasteiger partial charge in [-0.3, -0.25) is 9.36 Å². The normalized spacial score (nSPS) is 14.7. The number of allylic oxidation sites excluding steroid dienone is 1. The van der Waals surface area contributed by atoms with Gasteiger partial charge < -0.3 is 18.9 Å². The number of hydrogen-bond donors (Lipinski definition) is 0. The molecule has 1 aliphatic heterocycles. The van der Waals surface area contributed by atoms with Gasteiger partial charge in [-0.05, 0) is 73.5 Å². The molecular formula is C32H28Cl2N2O6S. The highest BCUT2D eigenvalue weighted by Crippen LogP contribution is 2.37. The van der Waals surface area contributed by atoms with E-state index in [1.54, 1.807) is 31.2 Å². The maximum Gasteiger partial charge on any atom is 0.338 e. The number of thiazole rings is 1. The summed E-state index contributed by atoms with van der Waals surface area (Å²) in [7, 11) is 2.81. The molecule has 1 atom stereocenters. The SMILES string of the molecule is CCOc1cc(/C=c2\sc3n(c2=O)[C@H](c2cc(Cl)ccc2OC)C(C(=O)OC)=C(C)N=3)ccc1OCc1ccc(Cl)cc1. The second-order valence-corrected chi connectivity index (χ2v) is 11.4. The van der Waals surface area contributed by atoms with Crippen molar-refractivity contribution in [1.29, 1.82) is 0 Å². The fraction of sp³-hybridized carbons (Fsp3) is 0.219. The third-order valence-corrected chi connectivity index (χ3v) is 8.26. The minimum absolute atomic E-state index is 0.225. The van der Waals surface area contributed by atoms with E-state index in [-0.39, 0.29) is 11.1 Å². The predicted octanol–water partition coefficient (Wildman–Crippen LogP) is 5.70. The maximum atomic E-state index is 14.0. The van der Waals surface area contributed by atoms with Gasteiger partial charge in [-0.2, -0.15) is 0 Å². The van der Waals surface area contributed by atoms with Crippen LogP contribution in [0.3, 0.4) is 0 Å². The number of hydrogen-bond acceptors (Lipinski definition) is 8. The Morgan fingerprint density at radius 3 is 2.40 bits per heavy atom. The molecule has 0 unspecified atom stereocenters. The Balaban J connectivity index is 1.58. The number of rotatable bonds is 9. The molecule has 0 N–H and O–H groups in total. The Hall–Kier alpha value is -4.05. The third-order valence-electron chi connectivity index (χ3n) is 6.79. The van der Waals surface area contributed by atoms with E-state index in [1.165, 1.54) is 30.1 Å². The summed E-state index contributed by atoms with van der Waals surface area (Å²) < 4.78 is 24.5. The van der Waals surface area contributed by atoms with Crippen LogP contribution in [-0.2, 0) is 16.1 Å². The first-order chi connectivity index (χ1) is 20.7. The molecule has 0 saturated carbocycles. The molecule has 0 radical (unpaired) electrons. The van der Waals surface area contributed by atoms with Crippen molar-refractivity contribution < 1.29 is 23.7 Å². The number of esters is 1. The number of carbonyl (C=O) groups excluding carboxylic acids is 1. The molecule has 0 saturated heterocycles. The highest BCUT2D eigenvalue weighted by Gasteiger charge is 2.35. The Kier molecular flexibility index (Phi) is 9.25. The van der Waals surface area contributed by atoms with Crippen LogP contribution in [0.15, 0.2) is 81.7 Å². The van der Waals surface area contributed by atoms with E-state index in [0.29, 0.717) is 61.1 Å². The standard InChI is InChI=1S/C32H28Cl2N2O6S/c1-5-41-26-14-20(8-12-25(26)42-17-19-6-9-21(33)10-7-19)15-27-30(37)36-29(23-16-22(34)11-13-24(23)39-3)28(31(38)40-4)18(2)35-32(36)43-27/h6-16,29H,5,17H2,1-4H3/b27-15-/t29-/m1/s1. The highest BCUT2D eigenvalue weighted by molar-refractivity contribution is 7.07. The van der Waals surface area contributed by atoms with Gasteiger partial charge in [0.1, 0.15) is 18.4 Å². The van der Waals surface area contributed by atoms with Crippen LogP contribution in [0, 0.1) is 0 Å². The van der Waals surface area contributed by atoms with Crippen LogP contribution in [0.25, 0.3) is 6.08 Å². The third kappa shape index (κ3) is 6.34. The van der Waals surface area contributed by atoms with Gasteiger partial charge in [0, 0.05) is 15.6 Å². The predicted molar refractivity (Wildman–Crippen MR) is 167 cm³/mol. The number of ether oxygens (including phenoxy) is 4. The minimum Gasteiger partial charge on any atom is -0.496 e. The van der Waals surface area contributed by atoms with Crippen molar-refractivity contribution in [2.75, 3.05) is 20.8 Å². The number of halogens is 2. The first-order valence-electron chi connectivity index (χ1n) is 13.3. The van der Waals surface area contributed by atoms with Gasteiger partial charge in [-0.25, -0.2) is 9.79 Å². The molecule has 0 spiro atoms. The van der Waals surface area contributed by atoms with Crippen LogP contribution in [0.4, 0.5) is 0 Å². The molecule has 8 nitrogen and oxygen atoms in total. The molecule has 5 rings (SSSR count). The summed E-state index contributed by atoms with van der Waals surface area (Å²) in [6.07, 6.45) is 1.76. The molecule has 1 aliphatic rings. The van der Waals surface area contributed by atoms with Crippen LogP contribution in [-0.4, -0.2) is 31.4 Å². The Labute approximate surface area is 262 Å². The van der Waals surface area contributed by atoms with Crippen LogP contribution in [0.5, 0.6) is 17.2 Å². The maximum absolute atomic E-state index is 14.0. The first kappa shape index (κ1) is 30.4. The van der Waals surface area contributed by atoms with Gasteiger partial charge in [0.05, 0.1) is 36.6 Å². The highest BCUT2D eigenvalue weighted by atomic mass is 35.5. The Morgan fingerprint density at radius 2 is 1.70 bits per heavy atom. The van der Waals surface area contributed by atoms with E-state index in [9.17, 15) is 9.59 Å². The van der Waals surface area contributed by atoms with Gasteiger partial charge in [0.15, 0.2) is 16.3 Å². The molecule has 0 bridgehead atoms. The molecule has 222 valence electrons. The van der Waals surface area contributed by atoms with Crippen LogP contribution >= 0.6 is 34.5 Å². The van der Waals surface area contributed by atoms with Gasteiger partial charge in [0.25, 0.3) is 5.56 Å². The number of carbonyl (C=O) groups is 1. The zero-order chi connectivity index (χ0) is 30.7. The van der Waals surface area contributed by atoms with Crippen LogP contribution in [0.2, 0.25) is 10.0 Å². The average molecular weight is 640 g/mol. The fourth-order valence-corrected chi connectivity index (χ4v) is 6.15. The molecule has 2 heterocycles. The van der Waals surface area contributed by atoms with Crippen molar-refractivity contribution in [2.45, 2.75) is 26.5 Å². The van der Waals surface area contributed by atoms with E-state index >= 15 is 0 Å². The Bertz CT molecular complexity index is 1900. The molecule has 1 aromatic heterocycles. The summed E-state index contributed by atoms with van der Waals surface area (Å²) in [5.41, 5.74) is 2.57. The molecule has 11 heteroatoms. The van der Waals surface area contributed by atoms with E-state index < -0.39 is 12.0 Å². The van der Waals surface area contributed by atoms with Crippen molar-refractivity contribution in [3.8, 4) is 17.2 Å². The lowest BCUT2D eigenvalue weighted by molar-refractivity contribution is -0.136. The number of benzene rings is 3. The summed E-state index contributed by atoms with van der Waals surface area (Å²) in [6.45, 7) is 4.37. The van der Waals surface area contributed by atoms with Crippen LogP contribution in [0.1, 0.15) is 36.6 Å². The van der Waals surface area contributed by atoms with E-state index in [2.05, 4.69) is 4.99 Å². The number of fused-ring (bicyclic) bond motifs is 1. The van der Waals surface area contributed by atoms with Gasteiger partial charge in [-0.1, -0.05) is 52.7 Å². The number of nitrogens with zero attached hydrogens (tertiary/aromatic N) is 2. The second kappa shape index (κ2) is 13.1. The van der Waals surface area contributed by atoms with Gasteiger partial charge >= 0.3 is 5.97 Å².